The number of halogens is 3. The Kier molecular flexibility index (Phi) is 6.06. The third kappa shape index (κ3) is 6.60. The number of hydrogen-bond acceptors (Lipinski definition) is 3. The van der Waals surface area contributed by atoms with Crippen LogP contribution in [0.1, 0.15) is 26.0 Å². The van der Waals surface area contributed by atoms with E-state index >= 15 is 0 Å². The lowest BCUT2D eigenvalue weighted by molar-refractivity contribution is -0.162. The van der Waals surface area contributed by atoms with Crippen molar-refractivity contribution in [3.8, 4) is 0 Å². The minimum absolute atomic E-state index is 0.0228. The number of furan rings is 1. The lowest BCUT2D eigenvalue weighted by Gasteiger charge is -2.23. The van der Waals surface area contributed by atoms with Gasteiger partial charge in [-0.25, -0.2) is 0 Å². The Balaban J connectivity index is 2.59. The first-order chi connectivity index (χ1) is 9.28. The molecule has 0 aliphatic heterocycles. The van der Waals surface area contributed by atoms with Gasteiger partial charge in [0.05, 0.1) is 12.8 Å². The SMILES string of the molecule is CC(C)NCCC(=O)N(Cc1ccco1)CC(F)(F)F. The molecule has 1 aromatic rings. The van der Waals surface area contributed by atoms with Gasteiger partial charge in [-0.2, -0.15) is 13.2 Å². The molecule has 0 aliphatic carbocycles. The molecule has 1 heterocycles. The maximum absolute atomic E-state index is 12.5. The van der Waals surface area contributed by atoms with E-state index in [1.165, 1.54) is 6.26 Å². The Labute approximate surface area is 115 Å². The second-order valence-corrected chi connectivity index (χ2v) is 4.80. The van der Waals surface area contributed by atoms with Crippen LogP contribution in [0.25, 0.3) is 0 Å². The lowest BCUT2D eigenvalue weighted by atomic mass is 10.3. The van der Waals surface area contributed by atoms with E-state index in [1.54, 1.807) is 12.1 Å². The Morgan fingerprint density at radius 1 is 1.45 bits per heavy atom. The van der Waals surface area contributed by atoms with Crippen LogP contribution in [0.4, 0.5) is 13.2 Å². The van der Waals surface area contributed by atoms with Crippen LogP contribution in [0.15, 0.2) is 22.8 Å². The van der Waals surface area contributed by atoms with E-state index in [1.807, 2.05) is 13.8 Å². The van der Waals surface area contributed by atoms with Crippen molar-refractivity contribution in [3.63, 3.8) is 0 Å². The molecule has 1 aromatic heterocycles. The number of carbonyl (C=O) groups is 1. The summed E-state index contributed by atoms with van der Waals surface area (Å²) < 4.78 is 42.5. The topological polar surface area (TPSA) is 45.5 Å². The average molecular weight is 292 g/mol. The standard InChI is InChI=1S/C13H19F3N2O2/c1-10(2)17-6-5-12(19)18(9-13(14,15)16)8-11-4-3-7-20-11/h3-4,7,10,17H,5-6,8-9H2,1-2H3. The first-order valence-electron chi connectivity index (χ1n) is 6.38. The lowest BCUT2D eigenvalue weighted by Crippen LogP contribution is -2.40. The molecule has 0 saturated heterocycles. The highest BCUT2D eigenvalue weighted by Gasteiger charge is 2.33. The number of alkyl halides is 3. The van der Waals surface area contributed by atoms with Crippen LogP contribution in [0.5, 0.6) is 0 Å². The molecule has 114 valence electrons. The summed E-state index contributed by atoms with van der Waals surface area (Å²) in [5.41, 5.74) is 0. The van der Waals surface area contributed by atoms with E-state index in [0.29, 0.717) is 12.3 Å². The van der Waals surface area contributed by atoms with Crippen molar-refractivity contribution in [2.24, 2.45) is 0 Å². The molecule has 0 aromatic carbocycles. The first kappa shape index (κ1) is 16.6. The summed E-state index contributed by atoms with van der Waals surface area (Å²) in [7, 11) is 0. The zero-order chi connectivity index (χ0) is 15.2. The van der Waals surface area contributed by atoms with Gasteiger partial charge in [0.15, 0.2) is 0 Å². The van der Waals surface area contributed by atoms with Crippen molar-refractivity contribution in [2.75, 3.05) is 13.1 Å². The van der Waals surface area contributed by atoms with Gasteiger partial charge in [-0.15, -0.1) is 0 Å². The van der Waals surface area contributed by atoms with E-state index < -0.39 is 18.6 Å². The minimum Gasteiger partial charge on any atom is -0.467 e. The summed E-state index contributed by atoms with van der Waals surface area (Å²) in [5.74, 6) is -0.216. The second-order valence-electron chi connectivity index (χ2n) is 4.80. The third-order valence-corrected chi connectivity index (χ3v) is 2.54. The van der Waals surface area contributed by atoms with Crippen molar-refractivity contribution in [2.45, 2.75) is 39.0 Å². The summed E-state index contributed by atoms with van der Waals surface area (Å²) in [6.07, 6.45) is -3.03. The average Bonchev–Trinajstić information content (AvgIpc) is 2.78. The molecule has 1 rings (SSSR count). The molecule has 4 nitrogen and oxygen atoms in total. The molecule has 0 aliphatic rings. The Hall–Kier alpha value is -1.50. The van der Waals surface area contributed by atoms with E-state index in [2.05, 4.69) is 5.32 Å². The Morgan fingerprint density at radius 2 is 2.15 bits per heavy atom. The number of amides is 1. The number of nitrogens with zero attached hydrogens (tertiary/aromatic N) is 1. The largest absolute Gasteiger partial charge is 0.467 e. The highest BCUT2D eigenvalue weighted by Crippen LogP contribution is 2.19. The third-order valence-electron chi connectivity index (χ3n) is 2.54. The summed E-state index contributed by atoms with van der Waals surface area (Å²) in [6, 6.07) is 3.30. The Bertz CT molecular complexity index is 402. The van der Waals surface area contributed by atoms with Crippen LogP contribution < -0.4 is 5.32 Å². The molecule has 0 radical (unpaired) electrons. The molecule has 7 heteroatoms. The predicted molar refractivity (Wildman–Crippen MR) is 67.9 cm³/mol. The zero-order valence-electron chi connectivity index (χ0n) is 11.5. The number of carbonyl (C=O) groups excluding carboxylic acids is 1. The maximum Gasteiger partial charge on any atom is 0.406 e. The molecule has 0 bridgehead atoms. The summed E-state index contributed by atoms with van der Waals surface area (Å²) in [5, 5.41) is 3.00. The van der Waals surface area contributed by atoms with Gasteiger partial charge < -0.3 is 14.6 Å². The fraction of sp³-hybridized carbons (Fsp3) is 0.615. The molecule has 1 N–H and O–H groups in total. The van der Waals surface area contributed by atoms with Crippen LogP contribution in [0, 0.1) is 0 Å². The van der Waals surface area contributed by atoms with Crippen molar-refractivity contribution < 1.29 is 22.4 Å². The van der Waals surface area contributed by atoms with Crippen LogP contribution >= 0.6 is 0 Å². The fourth-order valence-corrected chi connectivity index (χ4v) is 1.67. The Morgan fingerprint density at radius 3 is 2.65 bits per heavy atom. The van der Waals surface area contributed by atoms with Crippen LogP contribution in [-0.2, 0) is 11.3 Å². The monoisotopic (exact) mass is 292 g/mol. The van der Waals surface area contributed by atoms with Gasteiger partial charge >= 0.3 is 6.18 Å². The second kappa shape index (κ2) is 7.33. The molecule has 0 fully saturated rings. The fourth-order valence-electron chi connectivity index (χ4n) is 1.67. The predicted octanol–water partition coefficient (Wildman–Crippen LogP) is 2.56. The molecule has 0 unspecified atom stereocenters. The molecular formula is C13H19F3N2O2. The minimum atomic E-state index is -4.42. The molecule has 0 saturated carbocycles. The quantitative estimate of drug-likeness (QED) is 0.840. The first-order valence-corrected chi connectivity index (χ1v) is 6.38. The number of hydrogen-bond donors (Lipinski definition) is 1. The van der Waals surface area contributed by atoms with Gasteiger partial charge in [0.25, 0.3) is 0 Å². The van der Waals surface area contributed by atoms with Crippen molar-refractivity contribution >= 4 is 5.91 Å². The van der Waals surface area contributed by atoms with E-state index in [9.17, 15) is 18.0 Å². The number of nitrogens with one attached hydrogen (secondary N) is 1. The highest BCUT2D eigenvalue weighted by atomic mass is 19.4. The van der Waals surface area contributed by atoms with Gasteiger partial charge in [0, 0.05) is 19.0 Å². The van der Waals surface area contributed by atoms with Gasteiger partial charge in [0.1, 0.15) is 12.3 Å². The molecular weight excluding hydrogens is 273 g/mol. The van der Waals surface area contributed by atoms with Gasteiger partial charge in [-0.05, 0) is 12.1 Å². The van der Waals surface area contributed by atoms with Crippen molar-refractivity contribution in [3.05, 3.63) is 24.2 Å². The van der Waals surface area contributed by atoms with Crippen LogP contribution in [-0.4, -0.2) is 36.1 Å². The maximum atomic E-state index is 12.5. The van der Waals surface area contributed by atoms with Gasteiger partial charge in [0.2, 0.25) is 5.91 Å². The van der Waals surface area contributed by atoms with E-state index in [-0.39, 0.29) is 19.0 Å². The molecule has 1 amide bonds. The highest BCUT2D eigenvalue weighted by molar-refractivity contribution is 5.76. The van der Waals surface area contributed by atoms with E-state index in [4.69, 9.17) is 4.42 Å². The smallest absolute Gasteiger partial charge is 0.406 e. The number of rotatable bonds is 7. The van der Waals surface area contributed by atoms with Crippen LogP contribution in [0.2, 0.25) is 0 Å². The normalized spacial score (nSPS) is 11.9. The summed E-state index contributed by atoms with van der Waals surface area (Å²) >= 11 is 0. The molecule has 0 spiro atoms. The summed E-state index contributed by atoms with van der Waals surface area (Å²) in [4.78, 5) is 12.6. The van der Waals surface area contributed by atoms with Gasteiger partial charge in [-0.1, -0.05) is 13.8 Å². The molecule has 0 atom stereocenters. The van der Waals surface area contributed by atoms with Crippen LogP contribution in [0.3, 0.4) is 0 Å². The van der Waals surface area contributed by atoms with Crippen molar-refractivity contribution in [1.29, 1.82) is 0 Å². The van der Waals surface area contributed by atoms with Gasteiger partial charge in [-0.3, -0.25) is 4.79 Å². The molecule has 20 heavy (non-hydrogen) atoms. The summed E-state index contributed by atoms with van der Waals surface area (Å²) in [6.45, 7) is 2.71. The van der Waals surface area contributed by atoms with E-state index in [0.717, 1.165) is 4.90 Å². The van der Waals surface area contributed by atoms with Crippen molar-refractivity contribution in [1.82, 2.24) is 10.2 Å². The zero-order valence-corrected chi connectivity index (χ0v) is 11.5.